The van der Waals surface area contributed by atoms with Gasteiger partial charge in [0.1, 0.15) is 0 Å². The number of rotatable bonds is 4. The monoisotopic (exact) mass is 284 g/mol. The van der Waals surface area contributed by atoms with Gasteiger partial charge >= 0.3 is 6.03 Å². The van der Waals surface area contributed by atoms with Crippen molar-refractivity contribution < 1.29 is 4.79 Å². The molecular weight excluding hydrogens is 264 g/mol. The Kier molecular flexibility index (Phi) is 4.87. The Labute approximate surface area is 124 Å². The molecule has 5 heteroatoms. The summed E-state index contributed by atoms with van der Waals surface area (Å²) in [6.07, 6.45) is 2.71. The van der Waals surface area contributed by atoms with Crippen molar-refractivity contribution in [2.24, 2.45) is 0 Å². The zero-order chi connectivity index (χ0) is 15.2. The van der Waals surface area contributed by atoms with Crippen molar-refractivity contribution in [3.05, 3.63) is 47.8 Å². The van der Waals surface area contributed by atoms with Crippen LogP contribution in [0.2, 0.25) is 0 Å². The summed E-state index contributed by atoms with van der Waals surface area (Å²) >= 11 is 0. The highest BCUT2D eigenvalue weighted by Gasteiger charge is 2.06. The van der Waals surface area contributed by atoms with Crippen LogP contribution in [0, 0.1) is 6.92 Å². The minimum Gasteiger partial charge on any atom is -0.308 e. The Bertz CT molecular complexity index is 610. The molecule has 2 aromatic rings. The van der Waals surface area contributed by atoms with Crippen molar-refractivity contribution in [2.75, 3.05) is 10.6 Å². The summed E-state index contributed by atoms with van der Waals surface area (Å²) in [5.41, 5.74) is 2.82. The maximum atomic E-state index is 11.9. The lowest BCUT2D eigenvalue weighted by molar-refractivity contribution is 0.262. The molecule has 0 spiro atoms. The van der Waals surface area contributed by atoms with Crippen LogP contribution in [0.25, 0.3) is 0 Å². The van der Waals surface area contributed by atoms with Crippen molar-refractivity contribution in [2.45, 2.75) is 33.1 Å². The zero-order valence-electron chi connectivity index (χ0n) is 12.6. The molecule has 1 atom stereocenters. The lowest BCUT2D eigenvalue weighted by atomic mass is 9.99. The van der Waals surface area contributed by atoms with Gasteiger partial charge in [-0.2, -0.15) is 0 Å². The molecule has 0 aliphatic heterocycles. The largest absolute Gasteiger partial charge is 0.326 e. The molecule has 0 bridgehead atoms. The normalized spacial score (nSPS) is 11.8. The van der Waals surface area contributed by atoms with E-state index in [1.807, 2.05) is 31.2 Å². The number of aryl methyl sites for hydroxylation is 1. The lowest BCUT2D eigenvalue weighted by Gasteiger charge is -2.10. The smallest absolute Gasteiger partial charge is 0.308 e. The van der Waals surface area contributed by atoms with Crippen LogP contribution in [0.5, 0.6) is 0 Å². The summed E-state index contributed by atoms with van der Waals surface area (Å²) in [6.45, 7) is 6.19. The molecule has 1 heterocycles. The van der Waals surface area contributed by atoms with Crippen LogP contribution in [-0.4, -0.2) is 16.0 Å². The summed E-state index contributed by atoms with van der Waals surface area (Å²) in [5, 5.41) is 5.37. The van der Waals surface area contributed by atoms with E-state index in [-0.39, 0.29) is 6.03 Å². The second-order valence-electron chi connectivity index (χ2n) is 5.03. The Balaban J connectivity index is 1.96. The van der Waals surface area contributed by atoms with Gasteiger partial charge in [0.15, 0.2) is 0 Å². The van der Waals surface area contributed by atoms with Crippen molar-refractivity contribution in [1.82, 2.24) is 9.97 Å². The summed E-state index contributed by atoms with van der Waals surface area (Å²) in [4.78, 5) is 20.0. The number of amides is 2. The molecule has 110 valence electrons. The molecule has 0 aliphatic carbocycles. The van der Waals surface area contributed by atoms with Gasteiger partial charge in [-0.25, -0.2) is 14.8 Å². The molecule has 2 amide bonds. The van der Waals surface area contributed by atoms with E-state index in [0.717, 1.165) is 17.8 Å². The van der Waals surface area contributed by atoms with E-state index in [2.05, 4.69) is 34.4 Å². The highest BCUT2D eigenvalue weighted by molar-refractivity contribution is 5.98. The van der Waals surface area contributed by atoms with E-state index in [4.69, 9.17) is 0 Å². The van der Waals surface area contributed by atoms with Crippen molar-refractivity contribution in [3.63, 3.8) is 0 Å². The molecule has 2 N–H and O–H groups in total. The lowest BCUT2D eigenvalue weighted by Crippen LogP contribution is -2.21. The Hall–Kier alpha value is -2.43. The molecule has 0 saturated carbocycles. The summed E-state index contributed by atoms with van der Waals surface area (Å²) in [6, 6.07) is 9.30. The highest BCUT2D eigenvalue weighted by atomic mass is 16.2. The molecule has 2 rings (SSSR count). The Morgan fingerprint density at radius 2 is 1.90 bits per heavy atom. The molecule has 5 nitrogen and oxygen atoms in total. The van der Waals surface area contributed by atoms with Crippen LogP contribution in [0.15, 0.2) is 36.5 Å². The fourth-order valence-corrected chi connectivity index (χ4v) is 1.90. The quantitative estimate of drug-likeness (QED) is 0.893. The predicted molar refractivity (Wildman–Crippen MR) is 84.6 cm³/mol. The van der Waals surface area contributed by atoms with Crippen LogP contribution < -0.4 is 10.6 Å². The van der Waals surface area contributed by atoms with Crippen LogP contribution >= 0.6 is 0 Å². The third-order valence-electron chi connectivity index (χ3n) is 3.37. The van der Waals surface area contributed by atoms with Crippen molar-refractivity contribution in [3.8, 4) is 0 Å². The molecule has 0 fully saturated rings. The fraction of sp³-hybridized carbons (Fsp3) is 0.312. The minimum absolute atomic E-state index is 0.295. The Morgan fingerprint density at radius 3 is 2.52 bits per heavy atom. The second kappa shape index (κ2) is 6.83. The number of benzene rings is 1. The zero-order valence-corrected chi connectivity index (χ0v) is 12.6. The number of aromatic nitrogens is 2. The molecule has 0 aliphatic rings. The number of anilines is 2. The average molecular weight is 284 g/mol. The van der Waals surface area contributed by atoms with Gasteiger partial charge in [-0.15, -0.1) is 0 Å². The standard InChI is InChI=1S/C16H20N4O/c1-4-11(2)13-5-7-14(8-6-13)19-16(21)20-15-17-10-9-12(3)18-15/h5-11H,4H2,1-3H3,(H2,17,18,19,20,21). The highest BCUT2D eigenvalue weighted by Crippen LogP contribution is 2.20. The number of hydrogen-bond acceptors (Lipinski definition) is 3. The third kappa shape index (κ3) is 4.27. The molecule has 1 aromatic heterocycles. The van der Waals surface area contributed by atoms with Gasteiger partial charge in [0, 0.05) is 17.6 Å². The number of urea groups is 1. The van der Waals surface area contributed by atoms with Gasteiger partial charge in [0.05, 0.1) is 0 Å². The van der Waals surface area contributed by atoms with E-state index in [1.54, 1.807) is 12.3 Å². The number of nitrogens with one attached hydrogen (secondary N) is 2. The molecule has 1 unspecified atom stereocenters. The van der Waals surface area contributed by atoms with Crippen LogP contribution in [0.3, 0.4) is 0 Å². The first-order chi connectivity index (χ1) is 10.1. The summed E-state index contributed by atoms with van der Waals surface area (Å²) < 4.78 is 0. The maximum absolute atomic E-state index is 11.9. The molecule has 1 aromatic carbocycles. The van der Waals surface area contributed by atoms with Crippen LogP contribution in [0.1, 0.15) is 37.4 Å². The first-order valence-corrected chi connectivity index (χ1v) is 7.06. The van der Waals surface area contributed by atoms with E-state index in [0.29, 0.717) is 11.9 Å². The number of carbonyl (C=O) groups excluding carboxylic acids is 1. The minimum atomic E-state index is -0.350. The van der Waals surface area contributed by atoms with Gasteiger partial charge in [0.2, 0.25) is 5.95 Å². The molecule has 21 heavy (non-hydrogen) atoms. The summed E-state index contributed by atoms with van der Waals surface area (Å²) in [5.74, 6) is 0.817. The van der Waals surface area contributed by atoms with E-state index >= 15 is 0 Å². The SMILES string of the molecule is CCC(C)c1ccc(NC(=O)Nc2nccc(C)n2)cc1. The number of carbonyl (C=O) groups is 1. The van der Waals surface area contributed by atoms with Gasteiger partial charge in [0.25, 0.3) is 0 Å². The van der Waals surface area contributed by atoms with Crippen molar-refractivity contribution >= 4 is 17.7 Å². The van der Waals surface area contributed by atoms with Crippen molar-refractivity contribution in [1.29, 1.82) is 0 Å². The fourth-order valence-electron chi connectivity index (χ4n) is 1.90. The molecule has 0 radical (unpaired) electrons. The maximum Gasteiger partial charge on any atom is 0.326 e. The predicted octanol–water partition coefficient (Wildman–Crippen LogP) is 3.94. The van der Waals surface area contributed by atoms with E-state index < -0.39 is 0 Å². The van der Waals surface area contributed by atoms with Crippen LogP contribution in [0.4, 0.5) is 16.4 Å². The number of nitrogens with zero attached hydrogens (tertiary/aromatic N) is 2. The first-order valence-electron chi connectivity index (χ1n) is 7.06. The average Bonchev–Trinajstić information content (AvgIpc) is 2.47. The van der Waals surface area contributed by atoms with Gasteiger partial charge < -0.3 is 5.32 Å². The van der Waals surface area contributed by atoms with Gasteiger partial charge in [-0.05, 0) is 43.0 Å². The van der Waals surface area contributed by atoms with E-state index in [9.17, 15) is 4.79 Å². The van der Waals surface area contributed by atoms with Gasteiger partial charge in [-0.3, -0.25) is 5.32 Å². The van der Waals surface area contributed by atoms with E-state index in [1.165, 1.54) is 5.56 Å². The summed E-state index contributed by atoms with van der Waals surface area (Å²) in [7, 11) is 0. The Morgan fingerprint density at radius 1 is 1.19 bits per heavy atom. The third-order valence-corrected chi connectivity index (χ3v) is 3.37. The van der Waals surface area contributed by atoms with Gasteiger partial charge in [-0.1, -0.05) is 26.0 Å². The first kappa shape index (κ1) is 15.0. The number of hydrogen-bond donors (Lipinski definition) is 2. The molecular formula is C16H20N4O. The van der Waals surface area contributed by atoms with Crippen LogP contribution in [-0.2, 0) is 0 Å². The topological polar surface area (TPSA) is 66.9 Å². The molecule has 0 saturated heterocycles. The second-order valence-corrected chi connectivity index (χ2v) is 5.03.